The highest BCUT2D eigenvalue weighted by atomic mass is 32.2. The van der Waals surface area contributed by atoms with E-state index in [4.69, 9.17) is 9.47 Å². The van der Waals surface area contributed by atoms with Crippen LogP contribution < -0.4 is 4.18 Å². The Balaban J connectivity index is 1.88. The van der Waals surface area contributed by atoms with Crippen molar-refractivity contribution in [2.24, 2.45) is 0 Å². The lowest BCUT2D eigenvalue weighted by Gasteiger charge is -2.22. The second-order valence-corrected chi connectivity index (χ2v) is 7.84. The van der Waals surface area contributed by atoms with Gasteiger partial charge in [0.1, 0.15) is 5.75 Å². The van der Waals surface area contributed by atoms with Crippen LogP contribution in [0.3, 0.4) is 0 Å². The van der Waals surface area contributed by atoms with Crippen LogP contribution in [0.25, 0.3) is 10.9 Å². The Morgan fingerprint density at radius 1 is 1.29 bits per heavy atom. The van der Waals surface area contributed by atoms with Crippen molar-refractivity contribution in [3.05, 3.63) is 30.0 Å². The molecule has 3 rings (SSSR count). The summed E-state index contributed by atoms with van der Waals surface area (Å²) in [7, 11) is -5.78. The molecule has 28 heavy (non-hydrogen) atoms. The minimum atomic E-state index is -5.78. The van der Waals surface area contributed by atoms with Crippen LogP contribution in [0.5, 0.6) is 5.75 Å². The van der Waals surface area contributed by atoms with E-state index < -0.39 is 21.4 Å². The molecule has 0 bridgehead atoms. The number of alkyl halides is 3. The summed E-state index contributed by atoms with van der Waals surface area (Å²) < 4.78 is 76.5. The van der Waals surface area contributed by atoms with Gasteiger partial charge in [0.05, 0.1) is 17.8 Å². The van der Waals surface area contributed by atoms with Crippen molar-refractivity contribution in [2.45, 2.75) is 44.6 Å². The molecule has 1 atom stereocenters. The zero-order chi connectivity index (χ0) is 20.5. The molecule has 0 N–H and O–H groups in total. The first-order valence-corrected chi connectivity index (χ1v) is 9.88. The van der Waals surface area contributed by atoms with Gasteiger partial charge in [-0.3, -0.25) is 9.36 Å². The van der Waals surface area contributed by atoms with E-state index >= 15 is 0 Å². The maximum Gasteiger partial charge on any atom is 0.534 e. The maximum absolute atomic E-state index is 12.5. The minimum absolute atomic E-state index is 0.0516. The van der Waals surface area contributed by atoms with Gasteiger partial charge in [0, 0.05) is 18.9 Å². The van der Waals surface area contributed by atoms with Crippen LogP contribution in [-0.2, 0) is 26.2 Å². The van der Waals surface area contributed by atoms with E-state index in [-0.39, 0.29) is 18.8 Å². The van der Waals surface area contributed by atoms with Crippen molar-refractivity contribution in [1.29, 1.82) is 0 Å². The Labute approximate surface area is 159 Å². The summed E-state index contributed by atoms with van der Waals surface area (Å²) in [6, 6.07) is 5.03. The van der Waals surface area contributed by atoms with E-state index in [2.05, 4.69) is 4.18 Å². The molecule has 7 nitrogen and oxygen atoms in total. The van der Waals surface area contributed by atoms with Gasteiger partial charge in [0.15, 0.2) is 6.29 Å². The second kappa shape index (κ2) is 7.72. The summed E-state index contributed by atoms with van der Waals surface area (Å²) in [5.74, 6) is -0.830. The predicted molar refractivity (Wildman–Crippen MR) is 92.2 cm³/mol. The van der Waals surface area contributed by atoms with Crippen molar-refractivity contribution in [3.8, 4) is 5.75 Å². The lowest BCUT2D eigenvalue weighted by Crippen LogP contribution is -2.28. The zero-order valence-electron chi connectivity index (χ0n) is 14.9. The molecule has 2 aromatic rings. The first kappa shape index (κ1) is 20.6. The number of hydrogen-bond acceptors (Lipinski definition) is 6. The Hall–Kier alpha value is -2.11. The van der Waals surface area contributed by atoms with E-state index in [0.717, 1.165) is 31.4 Å². The third kappa shape index (κ3) is 4.31. The predicted octanol–water partition coefficient (Wildman–Crippen LogP) is 3.57. The van der Waals surface area contributed by atoms with Crippen molar-refractivity contribution >= 4 is 26.9 Å². The highest BCUT2D eigenvalue weighted by molar-refractivity contribution is 7.88. The molecule has 1 aromatic heterocycles. The van der Waals surface area contributed by atoms with Crippen LogP contribution in [0.15, 0.2) is 24.3 Å². The molecular weight excluding hydrogens is 403 g/mol. The average molecular weight is 421 g/mol. The molecule has 0 spiro atoms. The molecule has 1 saturated heterocycles. The number of aromatic nitrogens is 1. The Kier molecular flexibility index (Phi) is 5.69. The highest BCUT2D eigenvalue weighted by Gasteiger charge is 2.48. The van der Waals surface area contributed by atoms with Crippen molar-refractivity contribution in [2.75, 3.05) is 6.61 Å². The fourth-order valence-electron chi connectivity index (χ4n) is 2.98. The topological polar surface area (TPSA) is 83.8 Å². The van der Waals surface area contributed by atoms with E-state index in [1.807, 2.05) is 0 Å². The third-order valence-corrected chi connectivity index (χ3v) is 5.19. The fourth-order valence-corrected chi connectivity index (χ4v) is 3.43. The molecule has 1 aliphatic rings. The number of carbonyl (C=O) groups excluding carboxylic acids is 1. The highest BCUT2D eigenvalue weighted by Crippen LogP contribution is 2.30. The van der Waals surface area contributed by atoms with Crippen LogP contribution in [0.4, 0.5) is 13.2 Å². The first-order valence-electron chi connectivity index (χ1n) is 8.48. The summed E-state index contributed by atoms with van der Waals surface area (Å²) in [6.07, 6.45) is 2.27. The van der Waals surface area contributed by atoms with Crippen LogP contribution in [0, 0.1) is 0 Å². The molecule has 1 aromatic carbocycles. The van der Waals surface area contributed by atoms with Crippen molar-refractivity contribution in [1.82, 2.24) is 4.57 Å². The summed E-state index contributed by atoms with van der Waals surface area (Å²) in [4.78, 5) is 12.0. The molecule has 2 heterocycles. The Bertz CT molecular complexity index is 977. The molecule has 1 unspecified atom stereocenters. The summed E-state index contributed by atoms with van der Waals surface area (Å²) in [5, 5.41) is 0.341. The third-order valence-electron chi connectivity index (χ3n) is 4.21. The molecule has 0 amide bonds. The monoisotopic (exact) mass is 421 g/mol. The van der Waals surface area contributed by atoms with E-state index in [0.29, 0.717) is 23.2 Å². The van der Waals surface area contributed by atoms with Crippen LogP contribution >= 0.6 is 0 Å². The number of halogens is 3. The smallest absolute Gasteiger partial charge is 0.376 e. The molecule has 154 valence electrons. The Morgan fingerprint density at radius 2 is 2.04 bits per heavy atom. The van der Waals surface area contributed by atoms with Gasteiger partial charge in [-0.05, 0) is 43.5 Å². The molecule has 0 saturated carbocycles. The number of fused-ring (bicyclic) bond motifs is 1. The number of ether oxygens (including phenoxy) is 2. The number of nitrogens with zero attached hydrogens (tertiary/aromatic N) is 1. The largest absolute Gasteiger partial charge is 0.534 e. The van der Waals surface area contributed by atoms with Gasteiger partial charge in [0.2, 0.25) is 5.91 Å². The molecular formula is C17H18F3NO6S. The van der Waals surface area contributed by atoms with Gasteiger partial charge >= 0.3 is 15.6 Å². The molecule has 0 aliphatic carbocycles. The average Bonchev–Trinajstić information content (AvgIpc) is 2.97. The van der Waals surface area contributed by atoms with Gasteiger partial charge in [-0.25, -0.2) is 0 Å². The summed E-state index contributed by atoms with van der Waals surface area (Å²) in [5.41, 5.74) is -4.67. The normalized spacial score (nSPS) is 18.4. The van der Waals surface area contributed by atoms with Crippen LogP contribution in [0.1, 0.15) is 36.7 Å². The van der Waals surface area contributed by atoms with Gasteiger partial charge in [-0.2, -0.15) is 21.6 Å². The van der Waals surface area contributed by atoms with Gasteiger partial charge < -0.3 is 13.7 Å². The van der Waals surface area contributed by atoms with Crippen LogP contribution in [-0.4, -0.2) is 37.3 Å². The van der Waals surface area contributed by atoms with Gasteiger partial charge in [-0.15, -0.1) is 0 Å². The first-order chi connectivity index (χ1) is 13.1. The minimum Gasteiger partial charge on any atom is -0.376 e. The fraction of sp³-hybridized carbons (Fsp3) is 0.471. The molecule has 11 heteroatoms. The van der Waals surface area contributed by atoms with Gasteiger partial charge in [0.25, 0.3) is 0 Å². The number of benzene rings is 1. The maximum atomic E-state index is 12.5. The Morgan fingerprint density at radius 3 is 2.64 bits per heavy atom. The standard InChI is InChI=1S/C17H18F3NO6S/c1-11(22)21-13(10-26-16-4-2-3-7-25-16)8-12-9-14(5-6-15(12)21)27-28(23,24)17(18,19)20/h5-6,8-9,16H,2-4,7,10H2,1H3. The SMILES string of the molecule is CC(=O)n1c(COC2CCCCO2)cc2cc(OS(=O)(=O)C(F)(F)F)ccc21. The lowest BCUT2D eigenvalue weighted by atomic mass is 10.2. The number of hydrogen-bond donors (Lipinski definition) is 0. The summed E-state index contributed by atoms with van der Waals surface area (Å²) >= 11 is 0. The number of rotatable bonds is 5. The molecule has 0 radical (unpaired) electrons. The zero-order valence-corrected chi connectivity index (χ0v) is 15.7. The van der Waals surface area contributed by atoms with Crippen molar-refractivity contribution in [3.63, 3.8) is 0 Å². The van der Waals surface area contributed by atoms with E-state index in [1.165, 1.54) is 23.6 Å². The summed E-state index contributed by atoms with van der Waals surface area (Å²) in [6.45, 7) is 1.98. The molecule has 1 fully saturated rings. The van der Waals surface area contributed by atoms with Crippen LogP contribution in [0.2, 0.25) is 0 Å². The lowest BCUT2D eigenvalue weighted by molar-refractivity contribution is -0.169. The van der Waals surface area contributed by atoms with E-state index in [9.17, 15) is 26.4 Å². The van der Waals surface area contributed by atoms with E-state index in [1.54, 1.807) is 0 Å². The molecule has 1 aliphatic heterocycles. The quantitative estimate of drug-likeness (QED) is 0.542. The van der Waals surface area contributed by atoms with Crippen molar-refractivity contribution < 1.29 is 40.0 Å². The number of carbonyl (C=O) groups is 1. The van der Waals surface area contributed by atoms with Gasteiger partial charge in [-0.1, -0.05) is 0 Å². The second-order valence-electron chi connectivity index (χ2n) is 6.30.